The third kappa shape index (κ3) is 4.18. The first-order chi connectivity index (χ1) is 11.0. The fourth-order valence-electron chi connectivity index (χ4n) is 2.46. The van der Waals surface area contributed by atoms with Gasteiger partial charge in [-0.2, -0.15) is 0 Å². The van der Waals surface area contributed by atoms with Crippen LogP contribution in [0.25, 0.3) is 0 Å². The number of nitrogens with one attached hydrogen (secondary N) is 1. The lowest BCUT2D eigenvalue weighted by Gasteiger charge is -2.27. The Kier molecular flexibility index (Phi) is 5.53. The molecule has 0 aliphatic carbocycles. The van der Waals surface area contributed by atoms with Gasteiger partial charge < -0.3 is 15.0 Å². The molecule has 1 N–H and O–H groups in total. The van der Waals surface area contributed by atoms with Gasteiger partial charge in [-0.1, -0.05) is 42.5 Å². The van der Waals surface area contributed by atoms with E-state index >= 15 is 0 Å². The average Bonchev–Trinajstić information content (AvgIpc) is 2.54. The Hall–Kier alpha value is -2.17. The SMILES string of the molecule is CO[C@@](C)(C(=O)Nc1cccc(CN(C)C)c1)c1ccccc1. The number of rotatable bonds is 6. The molecule has 0 aliphatic rings. The lowest BCUT2D eigenvalue weighted by Crippen LogP contribution is -2.39. The van der Waals surface area contributed by atoms with E-state index in [0.29, 0.717) is 0 Å². The van der Waals surface area contributed by atoms with Crippen LogP contribution in [0.4, 0.5) is 5.69 Å². The summed E-state index contributed by atoms with van der Waals surface area (Å²) in [6.07, 6.45) is 0. The van der Waals surface area contributed by atoms with Crippen molar-refractivity contribution in [1.29, 1.82) is 0 Å². The van der Waals surface area contributed by atoms with Crippen LogP contribution in [0.5, 0.6) is 0 Å². The second-order valence-corrected chi connectivity index (χ2v) is 6.00. The molecule has 23 heavy (non-hydrogen) atoms. The Bertz CT molecular complexity index is 655. The van der Waals surface area contributed by atoms with Crippen molar-refractivity contribution in [3.63, 3.8) is 0 Å². The van der Waals surface area contributed by atoms with Gasteiger partial charge in [0.2, 0.25) is 0 Å². The number of hydrogen-bond donors (Lipinski definition) is 1. The van der Waals surface area contributed by atoms with Gasteiger partial charge in [0.15, 0.2) is 5.60 Å². The minimum Gasteiger partial charge on any atom is -0.364 e. The summed E-state index contributed by atoms with van der Waals surface area (Å²) in [5.74, 6) is -0.187. The number of amides is 1. The van der Waals surface area contributed by atoms with Crippen LogP contribution in [0.15, 0.2) is 54.6 Å². The van der Waals surface area contributed by atoms with Gasteiger partial charge in [0.1, 0.15) is 0 Å². The van der Waals surface area contributed by atoms with E-state index in [1.165, 1.54) is 0 Å². The third-order valence-corrected chi connectivity index (χ3v) is 3.85. The third-order valence-electron chi connectivity index (χ3n) is 3.85. The van der Waals surface area contributed by atoms with Crippen molar-refractivity contribution in [1.82, 2.24) is 4.90 Å². The molecule has 4 heteroatoms. The molecule has 0 unspecified atom stereocenters. The molecule has 2 aromatic carbocycles. The molecule has 4 nitrogen and oxygen atoms in total. The maximum atomic E-state index is 12.8. The fraction of sp³-hybridized carbons (Fsp3) is 0.316. The summed E-state index contributed by atoms with van der Waals surface area (Å²) in [6.45, 7) is 2.60. The first-order valence-corrected chi connectivity index (χ1v) is 7.61. The monoisotopic (exact) mass is 312 g/mol. The quantitative estimate of drug-likeness (QED) is 0.890. The van der Waals surface area contributed by atoms with E-state index < -0.39 is 5.60 Å². The molecule has 0 aliphatic heterocycles. The van der Waals surface area contributed by atoms with Crippen molar-refractivity contribution in [2.24, 2.45) is 0 Å². The van der Waals surface area contributed by atoms with Gasteiger partial charge in [0.25, 0.3) is 5.91 Å². The minimum atomic E-state index is -1.03. The summed E-state index contributed by atoms with van der Waals surface area (Å²) in [5.41, 5.74) is 1.71. The second kappa shape index (κ2) is 7.40. The Labute approximate surface area is 138 Å². The molecule has 0 saturated heterocycles. The van der Waals surface area contributed by atoms with Crippen molar-refractivity contribution in [2.45, 2.75) is 19.1 Å². The molecule has 0 fully saturated rings. The normalized spacial score (nSPS) is 13.6. The number of benzene rings is 2. The van der Waals surface area contributed by atoms with Crippen molar-refractivity contribution < 1.29 is 9.53 Å². The Morgan fingerprint density at radius 3 is 2.43 bits per heavy atom. The predicted molar refractivity (Wildman–Crippen MR) is 93.3 cm³/mol. The molecule has 0 heterocycles. The molecule has 2 rings (SSSR count). The summed E-state index contributed by atoms with van der Waals surface area (Å²) in [5, 5.41) is 2.96. The molecule has 0 saturated carbocycles. The molecule has 0 spiro atoms. The first kappa shape index (κ1) is 17.2. The molecule has 1 amide bonds. The molecular weight excluding hydrogens is 288 g/mol. The van der Waals surface area contributed by atoms with Crippen molar-refractivity contribution in [3.8, 4) is 0 Å². The molecule has 0 aromatic heterocycles. The van der Waals surface area contributed by atoms with Crippen LogP contribution in [-0.4, -0.2) is 32.0 Å². The van der Waals surface area contributed by atoms with Crippen LogP contribution in [-0.2, 0) is 21.7 Å². The van der Waals surface area contributed by atoms with Crippen LogP contribution in [0.3, 0.4) is 0 Å². The number of nitrogens with zero attached hydrogens (tertiary/aromatic N) is 1. The Balaban J connectivity index is 2.20. The van der Waals surface area contributed by atoms with Crippen LogP contribution in [0.1, 0.15) is 18.1 Å². The number of carbonyl (C=O) groups excluding carboxylic acids is 1. The van der Waals surface area contributed by atoms with Gasteiger partial charge in [0, 0.05) is 19.3 Å². The highest BCUT2D eigenvalue weighted by Crippen LogP contribution is 2.26. The zero-order chi connectivity index (χ0) is 16.9. The summed E-state index contributed by atoms with van der Waals surface area (Å²) in [6, 6.07) is 17.4. The molecule has 122 valence electrons. The van der Waals surface area contributed by atoms with Crippen LogP contribution >= 0.6 is 0 Å². The smallest absolute Gasteiger partial charge is 0.260 e. The van der Waals surface area contributed by atoms with E-state index in [-0.39, 0.29) is 5.91 Å². The van der Waals surface area contributed by atoms with E-state index in [4.69, 9.17) is 4.74 Å². The number of hydrogen-bond acceptors (Lipinski definition) is 3. The number of anilines is 1. The second-order valence-electron chi connectivity index (χ2n) is 6.00. The van der Waals surface area contributed by atoms with Crippen molar-refractivity contribution in [3.05, 3.63) is 65.7 Å². The topological polar surface area (TPSA) is 41.6 Å². The molecule has 0 radical (unpaired) electrons. The molecule has 2 aromatic rings. The van der Waals surface area contributed by atoms with E-state index in [0.717, 1.165) is 23.4 Å². The standard InChI is InChI=1S/C19H24N2O2/c1-19(23-4,16-10-6-5-7-11-16)18(22)20-17-12-8-9-15(13-17)14-21(2)3/h5-13H,14H2,1-4H3,(H,20,22)/t19-/m1/s1. The van der Waals surface area contributed by atoms with E-state index in [9.17, 15) is 4.79 Å². The van der Waals surface area contributed by atoms with Crippen LogP contribution in [0.2, 0.25) is 0 Å². The zero-order valence-corrected chi connectivity index (χ0v) is 14.2. The molecule has 0 bridgehead atoms. The van der Waals surface area contributed by atoms with E-state index in [1.54, 1.807) is 14.0 Å². The van der Waals surface area contributed by atoms with E-state index in [2.05, 4.69) is 10.2 Å². The highest BCUT2D eigenvalue weighted by atomic mass is 16.5. The first-order valence-electron chi connectivity index (χ1n) is 7.61. The zero-order valence-electron chi connectivity index (χ0n) is 14.2. The van der Waals surface area contributed by atoms with Gasteiger partial charge in [-0.3, -0.25) is 4.79 Å². The summed E-state index contributed by atoms with van der Waals surface area (Å²) < 4.78 is 5.53. The van der Waals surface area contributed by atoms with Crippen molar-refractivity contribution in [2.75, 3.05) is 26.5 Å². The van der Waals surface area contributed by atoms with Crippen molar-refractivity contribution >= 4 is 11.6 Å². The minimum absolute atomic E-state index is 0.187. The fourth-order valence-corrected chi connectivity index (χ4v) is 2.46. The number of carbonyl (C=O) groups is 1. The lowest BCUT2D eigenvalue weighted by atomic mass is 9.94. The lowest BCUT2D eigenvalue weighted by molar-refractivity contribution is -0.136. The largest absolute Gasteiger partial charge is 0.364 e. The summed E-state index contributed by atoms with van der Waals surface area (Å²) in [7, 11) is 5.58. The molecule has 1 atom stereocenters. The van der Waals surface area contributed by atoms with Gasteiger partial charge in [-0.25, -0.2) is 0 Å². The Morgan fingerprint density at radius 1 is 1.13 bits per heavy atom. The maximum absolute atomic E-state index is 12.8. The molecular formula is C19H24N2O2. The number of methoxy groups -OCH3 is 1. The summed E-state index contributed by atoms with van der Waals surface area (Å²) in [4.78, 5) is 14.8. The van der Waals surface area contributed by atoms with Crippen LogP contribution < -0.4 is 5.32 Å². The highest BCUT2D eigenvalue weighted by Gasteiger charge is 2.35. The van der Waals surface area contributed by atoms with Gasteiger partial charge >= 0.3 is 0 Å². The van der Waals surface area contributed by atoms with Gasteiger partial charge in [-0.15, -0.1) is 0 Å². The van der Waals surface area contributed by atoms with Gasteiger partial charge in [0.05, 0.1) is 0 Å². The van der Waals surface area contributed by atoms with E-state index in [1.807, 2.05) is 68.7 Å². The predicted octanol–water partition coefficient (Wildman–Crippen LogP) is 3.25. The maximum Gasteiger partial charge on any atom is 0.260 e. The highest BCUT2D eigenvalue weighted by molar-refractivity contribution is 5.97. The summed E-state index contributed by atoms with van der Waals surface area (Å²) >= 11 is 0. The average molecular weight is 312 g/mol. The van der Waals surface area contributed by atoms with Crippen LogP contribution in [0, 0.1) is 0 Å². The van der Waals surface area contributed by atoms with Gasteiger partial charge in [-0.05, 0) is 44.3 Å². The Morgan fingerprint density at radius 2 is 1.83 bits per heavy atom. The number of ether oxygens (including phenoxy) is 1.